The molecular formula is C9H8F2O. The van der Waals surface area contributed by atoms with Crippen molar-refractivity contribution in [1.82, 2.24) is 0 Å². The molecule has 0 heterocycles. The maximum Gasteiger partial charge on any atom is 0.271 e. The van der Waals surface area contributed by atoms with Gasteiger partial charge in [-0.15, -0.1) is 0 Å². The molecule has 0 saturated carbocycles. The molecule has 1 aromatic rings. The van der Waals surface area contributed by atoms with Crippen molar-refractivity contribution >= 4 is 6.29 Å². The summed E-state index contributed by atoms with van der Waals surface area (Å²) in [5.41, 5.74) is -0.176. The first kappa shape index (κ1) is 8.84. The van der Waals surface area contributed by atoms with Crippen molar-refractivity contribution in [2.24, 2.45) is 0 Å². The third-order valence-corrected chi connectivity index (χ3v) is 1.56. The second-order valence-electron chi connectivity index (χ2n) is 2.59. The van der Waals surface area contributed by atoms with Gasteiger partial charge < -0.3 is 0 Å². The molecule has 0 bridgehead atoms. The van der Waals surface area contributed by atoms with Gasteiger partial charge in [0, 0.05) is 18.1 Å². The Morgan fingerprint density at radius 3 is 2.33 bits per heavy atom. The molecule has 0 spiro atoms. The Bertz CT molecular complexity index is 289. The van der Waals surface area contributed by atoms with Crippen LogP contribution in [0.15, 0.2) is 24.3 Å². The second kappa shape index (κ2) is 3.01. The Balaban J connectivity index is 3.23. The largest absolute Gasteiger partial charge is 0.298 e. The van der Waals surface area contributed by atoms with Crippen LogP contribution in [0, 0.1) is 0 Å². The van der Waals surface area contributed by atoms with Crippen LogP contribution in [0.3, 0.4) is 0 Å². The van der Waals surface area contributed by atoms with Crippen molar-refractivity contribution in [3.63, 3.8) is 0 Å². The van der Waals surface area contributed by atoms with Gasteiger partial charge in [-0.1, -0.05) is 24.3 Å². The van der Waals surface area contributed by atoms with Crippen LogP contribution in [0.5, 0.6) is 0 Å². The SMILES string of the molecule is CC(F)(F)c1ccccc1C=O. The number of alkyl halides is 2. The van der Waals surface area contributed by atoms with E-state index in [1.807, 2.05) is 0 Å². The van der Waals surface area contributed by atoms with Crippen molar-refractivity contribution in [2.75, 3.05) is 0 Å². The molecular weight excluding hydrogens is 162 g/mol. The fourth-order valence-electron chi connectivity index (χ4n) is 1.000. The number of carbonyl (C=O) groups excluding carboxylic acids is 1. The van der Waals surface area contributed by atoms with Crippen LogP contribution >= 0.6 is 0 Å². The summed E-state index contributed by atoms with van der Waals surface area (Å²) in [5.74, 6) is -2.95. The molecule has 1 rings (SSSR count). The maximum absolute atomic E-state index is 12.7. The topological polar surface area (TPSA) is 17.1 Å². The van der Waals surface area contributed by atoms with Crippen LogP contribution in [0.2, 0.25) is 0 Å². The lowest BCUT2D eigenvalue weighted by Gasteiger charge is -2.11. The monoisotopic (exact) mass is 170 g/mol. The maximum atomic E-state index is 12.7. The van der Waals surface area contributed by atoms with Gasteiger partial charge in [0.1, 0.15) is 0 Å². The van der Waals surface area contributed by atoms with Crippen LogP contribution in [-0.2, 0) is 5.92 Å². The number of halogens is 2. The zero-order chi connectivity index (χ0) is 9.19. The van der Waals surface area contributed by atoms with E-state index in [4.69, 9.17) is 0 Å². The fourth-order valence-corrected chi connectivity index (χ4v) is 1.000. The summed E-state index contributed by atoms with van der Waals surface area (Å²) in [7, 11) is 0. The number of hydrogen-bond donors (Lipinski definition) is 0. The third kappa shape index (κ3) is 1.67. The zero-order valence-electron chi connectivity index (χ0n) is 6.55. The molecule has 1 aromatic carbocycles. The summed E-state index contributed by atoms with van der Waals surface area (Å²) >= 11 is 0. The van der Waals surface area contributed by atoms with Crippen molar-refractivity contribution < 1.29 is 13.6 Å². The van der Waals surface area contributed by atoms with Gasteiger partial charge in [0.2, 0.25) is 0 Å². The molecule has 12 heavy (non-hydrogen) atoms. The molecule has 0 aliphatic carbocycles. The van der Waals surface area contributed by atoms with E-state index in [0.29, 0.717) is 6.29 Å². The van der Waals surface area contributed by atoms with Gasteiger partial charge in [-0.2, -0.15) is 0 Å². The average molecular weight is 170 g/mol. The molecule has 3 heteroatoms. The summed E-state index contributed by atoms with van der Waals surface area (Å²) in [5, 5.41) is 0. The summed E-state index contributed by atoms with van der Waals surface area (Å²) < 4.78 is 25.5. The summed E-state index contributed by atoms with van der Waals surface area (Å²) in [4.78, 5) is 10.3. The molecule has 64 valence electrons. The quantitative estimate of drug-likeness (QED) is 0.623. The first-order valence-corrected chi connectivity index (χ1v) is 3.48. The van der Waals surface area contributed by atoms with Crippen LogP contribution in [0.4, 0.5) is 8.78 Å². The van der Waals surface area contributed by atoms with Gasteiger partial charge in [0.15, 0.2) is 6.29 Å². The Kier molecular flexibility index (Phi) is 2.22. The minimum Gasteiger partial charge on any atom is -0.298 e. The minimum absolute atomic E-state index is 0.0463. The molecule has 0 aliphatic heterocycles. The predicted octanol–water partition coefficient (Wildman–Crippen LogP) is 2.61. The third-order valence-electron chi connectivity index (χ3n) is 1.56. The van der Waals surface area contributed by atoms with Gasteiger partial charge in [0.25, 0.3) is 5.92 Å². The molecule has 0 aliphatic rings. The van der Waals surface area contributed by atoms with E-state index >= 15 is 0 Å². The second-order valence-corrected chi connectivity index (χ2v) is 2.59. The molecule has 0 unspecified atom stereocenters. The van der Waals surface area contributed by atoms with Crippen LogP contribution < -0.4 is 0 Å². The lowest BCUT2D eigenvalue weighted by Crippen LogP contribution is -2.09. The highest BCUT2D eigenvalue weighted by Gasteiger charge is 2.26. The molecule has 0 saturated heterocycles. The Hall–Kier alpha value is -1.25. The van der Waals surface area contributed by atoms with Gasteiger partial charge in [-0.25, -0.2) is 8.78 Å². The standard InChI is InChI=1S/C9H8F2O/c1-9(10,11)8-5-3-2-4-7(8)6-12/h2-6H,1H3. The average Bonchev–Trinajstić information content (AvgIpc) is 2.03. The lowest BCUT2D eigenvalue weighted by molar-refractivity contribution is 0.0167. The fraction of sp³-hybridized carbons (Fsp3) is 0.222. The number of aldehydes is 1. The molecule has 0 fully saturated rings. The summed E-state index contributed by atoms with van der Waals surface area (Å²) in [6.07, 6.45) is 0.437. The molecule has 0 aromatic heterocycles. The summed E-state index contributed by atoms with van der Waals surface area (Å²) in [6, 6.07) is 5.67. The smallest absolute Gasteiger partial charge is 0.271 e. The van der Waals surface area contributed by atoms with E-state index in [2.05, 4.69) is 0 Å². The van der Waals surface area contributed by atoms with Gasteiger partial charge in [-0.05, 0) is 0 Å². The first-order chi connectivity index (χ1) is 5.55. The molecule has 1 nitrogen and oxygen atoms in total. The van der Waals surface area contributed by atoms with E-state index < -0.39 is 5.92 Å². The summed E-state index contributed by atoms with van der Waals surface area (Å²) in [6.45, 7) is 0.773. The van der Waals surface area contributed by atoms with Crippen LogP contribution in [0.1, 0.15) is 22.8 Å². The van der Waals surface area contributed by atoms with Gasteiger partial charge >= 0.3 is 0 Å². The van der Waals surface area contributed by atoms with Crippen molar-refractivity contribution in [2.45, 2.75) is 12.8 Å². The molecule has 0 atom stereocenters. The van der Waals surface area contributed by atoms with E-state index in [9.17, 15) is 13.6 Å². The lowest BCUT2D eigenvalue weighted by atomic mass is 10.0. The zero-order valence-corrected chi connectivity index (χ0v) is 6.55. The highest BCUT2D eigenvalue weighted by Crippen LogP contribution is 2.28. The predicted molar refractivity (Wildman–Crippen MR) is 41.4 cm³/mol. The Labute approximate surface area is 69.0 Å². The first-order valence-electron chi connectivity index (χ1n) is 3.48. The van der Waals surface area contributed by atoms with E-state index in [1.165, 1.54) is 18.2 Å². The highest BCUT2D eigenvalue weighted by molar-refractivity contribution is 5.77. The molecule has 0 N–H and O–H groups in total. The van der Waals surface area contributed by atoms with Crippen molar-refractivity contribution in [3.05, 3.63) is 35.4 Å². The number of carbonyl (C=O) groups is 1. The van der Waals surface area contributed by atoms with Gasteiger partial charge in [0.05, 0.1) is 0 Å². The van der Waals surface area contributed by atoms with Crippen molar-refractivity contribution in [1.29, 1.82) is 0 Å². The Morgan fingerprint density at radius 1 is 1.33 bits per heavy atom. The minimum atomic E-state index is -2.95. The number of benzene rings is 1. The number of hydrogen-bond acceptors (Lipinski definition) is 1. The number of rotatable bonds is 2. The van der Waals surface area contributed by atoms with Crippen molar-refractivity contribution in [3.8, 4) is 0 Å². The van der Waals surface area contributed by atoms with Crippen LogP contribution in [0.25, 0.3) is 0 Å². The van der Waals surface area contributed by atoms with E-state index in [0.717, 1.165) is 6.92 Å². The normalized spacial score (nSPS) is 11.2. The van der Waals surface area contributed by atoms with Crippen LogP contribution in [-0.4, -0.2) is 6.29 Å². The van der Waals surface area contributed by atoms with Gasteiger partial charge in [-0.3, -0.25) is 4.79 Å². The molecule has 0 amide bonds. The van der Waals surface area contributed by atoms with E-state index in [1.54, 1.807) is 6.07 Å². The Morgan fingerprint density at radius 2 is 1.92 bits per heavy atom. The highest BCUT2D eigenvalue weighted by atomic mass is 19.3. The molecule has 0 radical (unpaired) electrons. The van der Waals surface area contributed by atoms with E-state index in [-0.39, 0.29) is 11.1 Å².